The maximum Gasteiger partial charge on any atom is 0.319 e. The van der Waals surface area contributed by atoms with Crippen molar-refractivity contribution < 1.29 is 4.92 Å². The highest BCUT2D eigenvalue weighted by molar-refractivity contribution is 8.00. The van der Waals surface area contributed by atoms with Crippen LogP contribution in [0.1, 0.15) is 33.6 Å². The molecule has 1 aromatic heterocycles. The average Bonchev–Trinajstić information content (AvgIpc) is 2.36. The summed E-state index contributed by atoms with van der Waals surface area (Å²) in [6, 6.07) is 0. The SMILES string of the molecule is CCCNc1ncc([N+](=O)[O-])c(SC(C)CC)n1. The van der Waals surface area contributed by atoms with Crippen LogP contribution in [-0.4, -0.2) is 26.7 Å². The van der Waals surface area contributed by atoms with Crippen molar-refractivity contribution in [2.24, 2.45) is 0 Å². The zero-order valence-corrected chi connectivity index (χ0v) is 11.7. The van der Waals surface area contributed by atoms with Crippen LogP contribution in [-0.2, 0) is 0 Å². The van der Waals surface area contributed by atoms with Crippen molar-refractivity contribution >= 4 is 23.4 Å². The van der Waals surface area contributed by atoms with Gasteiger partial charge < -0.3 is 5.32 Å². The minimum absolute atomic E-state index is 0.0256. The molecule has 0 bridgehead atoms. The second-order valence-corrected chi connectivity index (χ2v) is 5.33. The lowest BCUT2D eigenvalue weighted by atomic mass is 10.4. The summed E-state index contributed by atoms with van der Waals surface area (Å²) in [5.74, 6) is 0.452. The van der Waals surface area contributed by atoms with Crippen molar-refractivity contribution in [1.82, 2.24) is 9.97 Å². The smallest absolute Gasteiger partial charge is 0.319 e. The number of hydrogen-bond acceptors (Lipinski definition) is 6. The van der Waals surface area contributed by atoms with Gasteiger partial charge in [-0.05, 0) is 12.8 Å². The third-order valence-electron chi connectivity index (χ3n) is 2.35. The highest BCUT2D eigenvalue weighted by atomic mass is 32.2. The Kier molecular flexibility index (Phi) is 5.84. The van der Waals surface area contributed by atoms with E-state index in [1.807, 2.05) is 20.8 Å². The number of nitrogens with zero attached hydrogens (tertiary/aromatic N) is 3. The van der Waals surface area contributed by atoms with Gasteiger partial charge in [0.15, 0.2) is 5.03 Å². The molecule has 0 aliphatic carbocycles. The van der Waals surface area contributed by atoms with Gasteiger partial charge in [-0.3, -0.25) is 10.1 Å². The van der Waals surface area contributed by atoms with Crippen LogP contribution in [0.5, 0.6) is 0 Å². The minimum Gasteiger partial charge on any atom is -0.354 e. The van der Waals surface area contributed by atoms with Gasteiger partial charge in [-0.15, -0.1) is 0 Å². The fourth-order valence-electron chi connectivity index (χ4n) is 1.17. The highest BCUT2D eigenvalue weighted by Crippen LogP contribution is 2.31. The number of anilines is 1. The highest BCUT2D eigenvalue weighted by Gasteiger charge is 2.19. The van der Waals surface area contributed by atoms with E-state index in [-0.39, 0.29) is 10.9 Å². The van der Waals surface area contributed by atoms with Crippen molar-refractivity contribution in [3.63, 3.8) is 0 Å². The van der Waals surface area contributed by atoms with E-state index in [4.69, 9.17) is 0 Å². The molecule has 0 aromatic carbocycles. The quantitative estimate of drug-likeness (QED) is 0.355. The molecule has 0 aliphatic heterocycles. The molecule has 100 valence electrons. The van der Waals surface area contributed by atoms with E-state index in [0.717, 1.165) is 19.4 Å². The second-order valence-electron chi connectivity index (χ2n) is 3.90. The van der Waals surface area contributed by atoms with Gasteiger partial charge in [0, 0.05) is 11.8 Å². The summed E-state index contributed by atoms with van der Waals surface area (Å²) >= 11 is 1.41. The summed E-state index contributed by atoms with van der Waals surface area (Å²) < 4.78 is 0. The van der Waals surface area contributed by atoms with Gasteiger partial charge in [-0.25, -0.2) is 4.98 Å². The molecule has 7 heteroatoms. The molecule has 1 atom stereocenters. The summed E-state index contributed by atoms with van der Waals surface area (Å²) in [4.78, 5) is 18.6. The lowest BCUT2D eigenvalue weighted by molar-refractivity contribution is -0.388. The van der Waals surface area contributed by atoms with E-state index in [0.29, 0.717) is 11.0 Å². The Balaban J connectivity index is 2.95. The van der Waals surface area contributed by atoms with Crippen LogP contribution in [0.15, 0.2) is 11.2 Å². The molecule has 18 heavy (non-hydrogen) atoms. The van der Waals surface area contributed by atoms with Crippen LogP contribution in [0.2, 0.25) is 0 Å². The molecule has 1 N–H and O–H groups in total. The van der Waals surface area contributed by atoms with Crippen molar-refractivity contribution in [1.29, 1.82) is 0 Å². The maximum absolute atomic E-state index is 10.9. The summed E-state index contributed by atoms with van der Waals surface area (Å²) in [6.07, 6.45) is 3.16. The van der Waals surface area contributed by atoms with Gasteiger partial charge in [0.05, 0.1) is 4.92 Å². The van der Waals surface area contributed by atoms with E-state index < -0.39 is 4.92 Å². The van der Waals surface area contributed by atoms with Crippen LogP contribution in [0.25, 0.3) is 0 Å². The maximum atomic E-state index is 10.9. The normalized spacial score (nSPS) is 12.2. The number of thioether (sulfide) groups is 1. The molecule has 0 radical (unpaired) electrons. The molecule has 1 unspecified atom stereocenters. The van der Waals surface area contributed by atoms with Gasteiger partial charge in [-0.2, -0.15) is 4.98 Å². The Labute approximate surface area is 111 Å². The Morgan fingerprint density at radius 1 is 1.56 bits per heavy atom. The van der Waals surface area contributed by atoms with Gasteiger partial charge in [0.1, 0.15) is 6.20 Å². The summed E-state index contributed by atoms with van der Waals surface area (Å²) in [5, 5.41) is 14.7. The summed E-state index contributed by atoms with van der Waals surface area (Å²) in [5.41, 5.74) is -0.0256. The van der Waals surface area contributed by atoms with E-state index in [1.165, 1.54) is 18.0 Å². The Morgan fingerprint density at radius 3 is 2.83 bits per heavy atom. The molecule has 0 fully saturated rings. The molecular formula is C11H18N4O2S. The molecule has 0 spiro atoms. The standard InChI is InChI=1S/C11H18N4O2S/c1-4-6-12-11-13-7-9(15(16)17)10(14-11)18-8(3)5-2/h7-8H,4-6H2,1-3H3,(H,12,13,14). The number of nitrogens with one attached hydrogen (secondary N) is 1. The molecule has 0 saturated carbocycles. The van der Waals surface area contributed by atoms with Crippen LogP contribution in [0.3, 0.4) is 0 Å². The molecule has 1 heterocycles. The first-order valence-electron chi connectivity index (χ1n) is 6.00. The van der Waals surface area contributed by atoms with E-state index in [9.17, 15) is 10.1 Å². The first kappa shape index (κ1) is 14.7. The molecule has 6 nitrogen and oxygen atoms in total. The average molecular weight is 270 g/mol. The Morgan fingerprint density at radius 2 is 2.28 bits per heavy atom. The fraction of sp³-hybridized carbons (Fsp3) is 0.636. The molecule has 0 aliphatic rings. The molecular weight excluding hydrogens is 252 g/mol. The summed E-state index contributed by atoms with van der Waals surface area (Å²) in [6.45, 7) is 6.86. The van der Waals surface area contributed by atoms with Gasteiger partial charge >= 0.3 is 5.69 Å². The number of rotatable bonds is 7. The van der Waals surface area contributed by atoms with E-state index >= 15 is 0 Å². The topological polar surface area (TPSA) is 81.0 Å². The first-order chi connectivity index (χ1) is 8.58. The Hall–Kier alpha value is -1.37. The first-order valence-corrected chi connectivity index (χ1v) is 6.88. The Bertz CT molecular complexity index is 414. The molecule has 0 saturated heterocycles. The minimum atomic E-state index is -0.436. The molecule has 1 rings (SSSR count). The predicted molar refractivity (Wildman–Crippen MR) is 73.1 cm³/mol. The van der Waals surface area contributed by atoms with Crippen molar-refractivity contribution in [3.05, 3.63) is 16.3 Å². The lowest BCUT2D eigenvalue weighted by Gasteiger charge is -2.09. The third-order valence-corrected chi connectivity index (χ3v) is 3.61. The molecule has 0 amide bonds. The second kappa shape index (κ2) is 7.15. The van der Waals surface area contributed by atoms with Gasteiger partial charge in [0.2, 0.25) is 5.95 Å². The largest absolute Gasteiger partial charge is 0.354 e. The fourth-order valence-corrected chi connectivity index (χ4v) is 2.10. The number of nitro groups is 1. The lowest BCUT2D eigenvalue weighted by Crippen LogP contribution is -2.07. The monoisotopic (exact) mass is 270 g/mol. The summed E-state index contributed by atoms with van der Waals surface area (Å²) in [7, 11) is 0. The van der Waals surface area contributed by atoms with Crippen LogP contribution in [0, 0.1) is 10.1 Å². The van der Waals surface area contributed by atoms with Gasteiger partial charge in [0.25, 0.3) is 0 Å². The van der Waals surface area contributed by atoms with Crippen LogP contribution in [0.4, 0.5) is 11.6 Å². The van der Waals surface area contributed by atoms with E-state index in [2.05, 4.69) is 15.3 Å². The van der Waals surface area contributed by atoms with Gasteiger partial charge in [-0.1, -0.05) is 32.5 Å². The number of aromatic nitrogens is 2. The van der Waals surface area contributed by atoms with Crippen LogP contribution >= 0.6 is 11.8 Å². The third kappa shape index (κ3) is 4.14. The zero-order valence-electron chi connectivity index (χ0n) is 10.8. The number of hydrogen-bond donors (Lipinski definition) is 1. The van der Waals surface area contributed by atoms with Crippen molar-refractivity contribution in [2.75, 3.05) is 11.9 Å². The van der Waals surface area contributed by atoms with Crippen molar-refractivity contribution in [2.45, 2.75) is 43.9 Å². The predicted octanol–water partition coefficient (Wildman–Crippen LogP) is 3.10. The van der Waals surface area contributed by atoms with E-state index in [1.54, 1.807) is 0 Å². The van der Waals surface area contributed by atoms with Crippen molar-refractivity contribution in [3.8, 4) is 0 Å². The zero-order chi connectivity index (χ0) is 13.5. The van der Waals surface area contributed by atoms with Crippen LogP contribution < -0.4 is 5.32 Å². The molecule has 1 aromatic rings.